The predicted octanol–water partition coefficient (Wildman–Crippen LogP) is 3.07. The minimum atomic E-state index is -0.941. The lowest BCUT2D eigenvalue weighted by Crippen LogP contribution is -2.41. The molecule has 0 unspecified atom stereocenters. The van der Waals surface area contributed by atoms with Crippen LogP contribution < -0.4 is 5.32 Å². The molecule has 0 saturated heterocycles. The van der Waals surface area contributed by atoms with Gasteiger partial charge in [-0.1, -0.05) is 0 Å². The highest BCUT2D eigenvalue weighted by Crippen LogP contribution is 2.16. The number of nitrogens with zero attached hydrogens (tertiary/aromatic N) is 1. The van der Waals surface area contributed by atoms with Crippen LogP contribution in [0, 0.1) is 11.6 Å². The molecule has 1 rings (SSSR count). The Morgan fingerprint density at radius 2 is 2.00 bits per heavy atom. The molecule has 0 heterocycles. The third-order valence-electron chi connectivity index (χ3n) is 2.85. The van der Waals surface area contributed by atoms with Crippen molar-refractivity contribution in [2.75, 3.05) is 11.9 Å². The molecule has 0 aromatic heterocycles. The molecule has 1 aromatic rings. The molecule has 5 nitrogen and oxygen atoms in total. The molecule has 21 heavy (non-hydrogen) atoms. The number of anilines is 1. The number of halogens is 2. The molecule has 0 fully saturated rings. The summed E-state index contributed by atoms with van der Waals surface area (Å²) in [6.45, 7) is 3.77. The standard InChI is InChI=1S/C14H18F2N2O3/c1-9(2)18(7-3-4-13(19)20)14(21)17-12-6-5-10(15)8-11(12)16/h5-6,8-9H,3-4,7H2,1-2H3,(H,17,21)(H,19,20). The summed E-state index contributed by atoms with van der Waals surface area (Å²) in [4.78, 5) is 24.0. The van der Waals surface area contributed by atoms with Gasteiger partial charge in [-0.2, -0.15) is 0 Å². The van der Waals surface area contributed by atoms with Gasteiger partial charge in [-0.25, -0.2) is 13.6 Å². The van der Waals surface area contributed by atoms with Gasteiger partial charge in [-0.05, 0) is 32.4 Å². The predicted molar refractivity (Wildman–Crippen MR) is 74.1 cm³/mol. The molecule has 0 radical (unpaired) electrons. The molecular weight excluding hydrogens is 282 g/mol. The van der Waals surface area contributed by atoms with Crippen LogP contribution in [0.1, 0.15) is 26.7 Å². The number of carbonyl (C=O) groups excluding carboxylic acids is 1. The highest BCUT2D eigenvalue weighted by atomic mass is 19.1. The second kappa shape index (κ2) is 7.56. The van der Waals surface area contributed by atoms with Crippen LogP contribution in [0.2, 0.25) is 0 Å². The third-order valence-corrected chi connectivity index (χ3v) is 2.85. The van der Waals surface area contributed by atoms with Gasteiger partial charge in [0.1, 0.15) is 11.6 Å². The van der Waals surface area contributed by atoms with Crippen molar-refractivity contribution in [3.8, 4) is 0 Å². The number of amides is 2. The molecule has 0 saturated carbocycles. The van der Waals surface area contributed by atoms with E-state index in [9.17, 15) is 18.4 Å². The van der Waals surface area contributed by atoms with E-state index < -0.39 is 23.6 Å². The number of rotatable bonds is 6. The van der Waals surface area contributed by atoms with E-state index in [1.807, 2.05) is 0 Å². The summed E-state index contributed by atoms with van der Waals surface area (Å²) in [6, 6.07) is 2.13. The van der Waals surface area contributed by atoms with Gasteiger partial charge in [0.15, 0.2) is 0 Å². The van der Waals surface area contributed by atoms with Crippen molar-refractivity contribution in [2.45, 2.75) is 32.7 Å². The van der Waals surface area contributed by atoms with Crippen molar-refractivity contribution in [1.29, 1.82) is 0 Å². The summed E-state index contributed by atoms with van der Waals surface area (Å²) in [5.41, 5.74) is -0.120. The average Bonchev–Trinajstić information content (AvgIpc) is 2.37. The van der Waals surface area contributed by atoms with Gasteiger partial charge in [0.05, 0.1) is 5.69 Å². The summed E-state index contributed by atoms with van der Waals surface area (Å²) in [5.74, 6) is -2.53. The molecule has 0 aliphatic rings. The number of urea groups is 1. The lowest BCUT2D eigenvalue weighted by Gasteiger charge is -2.26. The van der Waals surface area contributed by atoms with Gasteiger partial charge >= 0.3 is 12.0 Å². The minimum Gasteiger partial charge on any atom is -0.481 e. The van der Waals surface area contributed by atoms with Crippen molar-refractivity contribution in [3.63, 3.8) is 0 Å². The Balaban J connectivity index is 2.70. The molecular formula is C14H18F2N2O3. The summed E-state index contributed by atoms with van der Waals surface area (Å²) in [5, 5.41) is 11.0. The number of carboxylic acids is 1. The highest BCUT2D eigenvalue weighted by molar-refractivity contribution is 5.89. The van der Waals surface area contributed by atoms with Crippen LogP contribution in [0.4, 0.5) is 19.3 Å². The maximum Gasteiger partial charge on any atom is 0.322 e. The summed E-state index contributed by atoms with van der Waals surface area (Å²) in [7, 11) is 0. The van der Waals surface area contributed by atoms with E-state index in [2.05, 4.69) is 5.32 Å². The lowest BCUT2D eigenvalue weighted by molar-refractivity contribution is -0.137. The Kier molecular flexibility index (Phi) is 6.08. The van der Waals surface area contributed by atoms with Crippen LogP contribution in [0.15, 0.2) is 18.2 Å². The monoisotopic (exact) mass is 300 g/mol. The Morgan fingerprint density at radius 3 is 2.52 bits per heavy atom. The van der Waals surface area contributed by atoms with Crippen molar-refractivity contribution in [2.24, 2.45) is 0 Å². The van der Waals surface area contributed by atoms with Gasteiger partial charge in [-0.15, -0.1) is 0 Å². The molecule has 2 amide bonds. The molecule has 0 aliphatic carbocycles. The summed E-state index contributed by atoms with van der Waals surface area (Å²) >= 11 is 0. The Hall–Kier alpha value is -2.18. The molecule has 0 spiro atoms. The zero-order valence-electron chi connectivity index (χ0n) is 11.9. The maximum absolute atomic E-state index is 13.5. The Labute approximate surface area is 121 Å². The van der Waals surface area contributed by atoms with E-state index in [1.54, 1.807) is 13.8 Å². The fourth-order valence-corrected chi connectivity index (χ4v) is 1.77. The Morgan fingerprint density at radius 1 is 1.33 bits per heavy atom. The first-order chi connectivity index (χ1) is 9.81. The van der Waals surface area contributed by atoms with E-state index in [-0.39, 0.29) is 24.7 Å². The van der Waals surface area contributed by atoms with Gasteiger partial charge in [-0.3, -0.25) is 4.79 Å². The van der Waals surface area contributed by atoms with E-state index >= 15 is 0 Å². The number of carbonyl (C=O) groups is 2. The number of carboxylic acid groups (broad SMARTS) is 1. The molecule has 0 bridgehead atoms. The lowest BCUT2D eigenvalue weighted by atomic mass is 10.2. The first-order valence-electron chi connectivity index (χ1n) is 6.55. The van der Waals surface area contributed by atoms with E-state index in [0.717, 1.165) is 12.1 Å². The topological polar surface area (TPSA) is 69.6 Å². The van der Waals surface area contributed by atoms with E-state index in [4.69, 9.17) is 5.11 Å². The molecule has 0 atom stereocenters. The second-order valence-electron chi connectivity index (χ2n) is 4.84. The zero-order chi connectivity index (χ0) is 16.0. The largest absolute Gasteiger partial charge is 0.481 e. The van der Waals surface area contributed by atoms with Crippen molar-refractivity contribution >= 4 is 17.7 Å². The number of hydrogen-bond donors (Lipinski definition) is 2. The fraction of sp³-hybridized carbons (Fsp3) is 0.429. The Bertz CT molecular complexity index is 521. The SMILES string of the molecule is CC(C)N(CCCC(=O)O)C(=O)Nc1ccc(F)cc1F. The van der Waals surface area contributed by atoms with Crippen LogP contribution in [0.3, 0.4) is 0 Å². The van der Waals surface area contributed by atoms with Crippen LogP contribution in [0.25, 0.3) is 0 Å². The number of hydrogen-bond acceptors (Lipinski definition) is 2. The molecule has 2 N–H and O–H groups in total. The molecule has 0 aliphatic heterocycles. The zero-order valence-corrected chi connectivity index (χ0v) is 11.9. The van der Waals surface area contributed by atoms with Crippen molar-refractivity contribution in [1.82, 2.24) is 4.90 Å². The van der Waals surface area contributed by atoms with E-state index in [0.29, 0.717) is 12.5 Å². The smallest absolute Gasteiger partial charge is 0.322 e. The van der Waals surface area contributed by atoms with Gasteiger partial charge in [0.25, 0.3) is 0 Å². The number of aliphatic carboxylic acids is 1. The average molecular weight is 300 g/mol. The van der Waals surface area contributed by atoms with Crippen LogP contribution in [0.5, 0.6) is 0 Å². The highest BCUT2D eigenvalue weighted by Gasteiger charge is 2.18. The number of nitrogens with one attached hydrogen (secondary N) is 1. The van der Waals surface area contributed by atoms with Crippen molar-refractivity contribution in [3.05, 3.63) is 29.8 Å². The fourth-order valence-electron chi connectivity index (χ4n) is 1.77. The van der Waals surface area contributed by atoms with Crippen LogP contribution in [-0.4, -0.2) is 34.6 Å². The molecule has 116 valence electrons. The summed E-state index contributed by atoms with van der Waals surface area (Å²) in [6.07, 6.45) is 0.244. The quantitative estimate of drug-likeness (QED) is 0.848. The molecule has 1 aromatic carbocycles. The van der Waals surface area contributed by atoms with Crippen LogP contribution >= 0.6 is 0 Å². The normalized spacial score (nSPS) is 10.5. The van der Waals surface area contributed by atoms with E-state index in [1.165, 1.54) is 4.90 Å². The first kappa shape index (κ1) is 16.9. The van der Waals surface area contributed by atoms with Gasteiger partial charge in [0, 0.05) is 25.1 Å². The maximum atomic E-state index is 13.5. The second-order valence-corrected chi connectivity index (χ2v) is 4.84. The van der Waals surface area contributed by atoms with Crippen LogP contribution in [-0.2, 0) is 4.79 Å². The van der Waals surface area contributed by atoms with Crippen molar-refractivity contribution < 1.29 is 23.5 Å². The number of benzene rings is 1. The third kappa shape index (κ3) is 5.37. The molecule has 7 heteroatoms. The first-order valence-corrected chi connectivity index (χ1v) is 6.55. The van der Waals surface area contributed by atoms with Gasteiger partial charge in [0.2, 0.25) is 0 Å². The summed E-state index contributed by atoms with van der Waals surface area (Å²) < 4.78 is 26.3. The van der Waals surface area contributed by atoms with Gasteiger partial charge < -0.3 is 15.3 Å². The minimum absolute atomic E-state index is 0.0542.